The molecule has 0 heterocycles. The fourth-order valence-corrected chi connectivity index (χ4v) is 4.67. The molecule has 0 saturated carbocycles. The summed E-state index contributed by atoms with van der Waals surface area (Å²) in [6, 6.07) is 33.1. The Morgan fingerprint density at radius 2 is 0.852 bits per heavy atom. The Bertz CT molecular complexity index is 1790. The maximum absolute atomic E-state index is 12.4. The van der Waals surface area contributed by atoms with Crippen LogP contribution in [0.15, 0.2) is 115 Å². The third kappa shape index (κ3) is 15.2. The number of carbonyl (C=O) groups excluding carboxylic acids is 6. The molecule has 0 bridgehead atoms. The van der Waals surface area contributed by atoms with Gasteiger partial charge >= 0.3 is 88.7 Å². The second kappa shape index (κ2) is 27.0. The Morgan fingerprint density at radius 1 is 0.444 bits per heavy atom. The van der Waals surface area contributed by atoms with Crippen LogP contribution in [0.2, 0.25) is 0 Å². The summed E-state index contributed by atoms with van der Waals surface area (Å²) in [6.45, 7) is 4.79. The van der Waals surface area contributed by atoms with Crippen LogP contribution in [0.25, 0.3) is 0 Å². The van der Waals surface area contributed by atoms with E-state index in [4.69, 9.17) is 0 Å². The van der Waals surface area contributed by atoms with E-state index in [-0.39, 0.29) is 124 Å². The van der Waals surface area contributed by atoms with E-state index in [2.05, 4.69) is 31.9 Å². The summed E-state index contributed by atoms with van der Waals surface area (Å²) < 4.78 is 0. The van der Waals surface area contributed by atoms with Crippen LogP contribution in [-0.4, -0.2) is 62.6 Å². The maximum atomic E-state index is 12.4. The van der Waals surface area contributed by atoms with Gasteiger partial charge in [0.25, 0.3) is 0 Å². The van der Waals surface area contributed by atoms with Gasteiger partial charge in [0.1, 0.15) is 0 Å². The largest absolute Gasteiger partial charge is 1.00 e. The summed E-state index contributed by atoms with van der Waals surface area (Å²) in [5, 5.41) is 15.8. The third-order valence-electron chi connectivity index (χ3n) is 7.11. The first-order valence-electron chi connectivity index (χ1n) is 16.1. The fraction of sp³-hybridized carbons (Fsp3) is 0.154. The van der Waals surface area contributed by atoms with Crippen molar-refractivity contribution in [3.63, 3.8) is 0 Å². The molecule has 0 radical (unpaired) electrons. The number of nitrogens with one attached hydrogen (secondary N) is 6. The molecule has 266 valence electrons. The number of amides is 6. The molecule has 12 nitrogen and oxygen atoms in total. The second-order valence-corrected chi connectivity index (χ2v) is 10.6. The topological polar surface area (TPSA) is 175 Å². The quantitative estimate of drug-likeness (QED) is 0.0625. The Labute approximate surface area is 382 Å². The van der Waals surface area contributed by atoms with Crippen LogP contribution in [0.3, 0.4) is 0 Å². The first kappa shape index (κ1) is 50.3. The molecule has 54 heavy (non-hydrogen) atoms. The molecule has 6 N–H and O–H groups in total. The molecule has 6 amide bonds. The van der Waals surface area contributed by atoms with Crippen molar-refractivity contribution in [1.29, 1.82) is 0 Å². The standard InChI is InChI=1S/C19H15N2O2.C11H15N2O2.C9H11N2O2.3Na/c22-18(20-14-8-3-1-4-9-14)16-12-7-13-17(16)19(23)21-15-10-5-2-6-11-15;1-3-12-10(14)8-6-5-7-9(8)11(15)13-4-2;1-10-8(12)6-4-3-5-7(6)9(13)11-2;;;/h1-13H,(H,20,22)(H,21,23);5-7H,3-4H2,1-2H3,(H,12,14)(H,13,15);3-5H,1-2H3,(H,10,12)(H,11,13);;;/q3*-1;3*+1. The average molecular weight is 759 g/mol. The predicted octanol–water partition coefficient (Wildman–Crippen LogP) is -4.05. The van der Waals surface area contributed by atoms with Gasteiger partial charge < -0.3 is 46.3 Å². The van der Waals surface area contributed by atoms with E-state index in [1.807, 2.05) is 50.2 Å². The molecule has 0 spiro atoms. The van der Waals surface area contributed by atoms with Gasteiger partial charge in [0.2, 0.25) is 17.7 Å². The zero-order valence-corrected chi connectivity index (χ0v) is 37.8. The molecule has 0 unspecified atom stereocenters. The number of benzene rings is 2. The second-order valence-electron chi connectivity index (χ2n) is 10.6. The Balaban J connectivity index is 0.000000799. The van der Waals surface area contributed by atoms with Gasteiger partial charge in [-0.15, -0.1) is 18.2 Å². The number of para-hydroxylation sites is 2. The first-order chi connectivity index (χ1) is 24.6. The predicted molar refractivity (Wildman–Crippen MR) is 198 cm³/mol. The van der Waals surface area contributed by atoms with Crippen molar-refractivity contribution < 1.29 is 117 Å². The van der Waals surface area contributed by atoms with Crippen LogP contribution in [-0.2, 0) is 0 Å². The Hall–Kier alpha value is -3.69. The monoisotopic (exact) mass is 758 g/mol. The van der Waals surface area contributed by atoms with Gasteiger partial charge in [0, 0.05) is 31.5 Å². The van der Waals surface area contributed by atoms with Gasteiger partial charge in [-0.2, -0.15) is 36.4 Å². The third-order valence-corrected chi connectivity index (χ3v) is 7.11. The van der Waals surface area contributed by atoms with Crippen LogP contribution in [0.5, 0.6) is 0 Å². The van der Waals surface area contributed by atoms with Crippen LogP contribution in [0.1, 0.15) is 76.0 Å². The van der Waals surface area contributed by atoms with Crippen LogP contribution in [0, 0.1) is 0 Å². The van der Waals surface area contributed by atoms with Crippen molar-refractivity contribution in [3.05, 3.63) is 149 Å². The van der Waals surface area contributed by atoms with Gasteiger partial charge in [-0.05, 0) is 61.9 Å². The van der Waals surface area contributed by atoms with Crippen molar-refractivity contribution in [2.24, 2.45) is 0 Å². The van der Waals surface area contributed by atoms with Crippen molar-refractivity contribution in [3.8, 4) is 0 Å². The Morgan fingerprint density at radius 3 is 1.30 bits per heavy atom. The summed E-state index contributed by atoms with van der Waals surface area (Å²) in [5.74, 6) is -1.52. The van der Waals surface area contributed by atoms with Crippen molar-refractivity contribution in [2.45, 2.75) is 13.8 Å². The van der Waals surface area contributed by atoms with E-state index < -0.39 is 0 Å². The van der Waals surface area contributed by atoms with Gasteiger partial charge in [0.15, 0.2) is 17.7 Å². The smallest absolute Gasteiger partial charge is 0.394 e. The van der Waals surface area contributed by atoms with Crippen LogP contribution < -0.4 is 121 Å². The molecule has 0 aliphatic carbocycles. The summed E-state index contributed by atoms with van der Waals surface area (Å²) in [7, 11) is 3.06. The van der Waals surface area contributed by atoms with Crippen molar-refractivity contribution >= 4 is 46.8 Å². The molecule has 0 aliphatic heterocycles. The van der Waals surface area contributed by atoms with Gasteiger partial charge in [-0.3, -0.25) is 14.4 Å². The molecular weight excluding hydrogens is 717 g/mol. The van der Waals surface area contributed by atoms with Gasteiger partial charge in [0.05, 0.1) is 0 Å². The molecule has 0 fully saturated rings. The summed E-state index contributed by atoms with van der Waals surface area (Å²) in [6.07, 6.45) is 0. The summed E-state index contributed by atoms with van der Waals surface area (Å²) in [4.78, 5) is 70.3. The van der Waals surface area contributed by atoms with Gasteiger partial charge in [-0.1, -0.05) is 53.1 Å². The first-order valence-corrected chi connectivity index (χ1v) is 16.1. The van der Waals surface area contributed by atoms with Crippen LogP contribution >= 0.6 is 0 Å². The normalized spacial score (nSPS) is 9.26. The molecule has 5 rings (SSSR count). The van der Waals surface area contributed by atoms with Crippen molar-refractivity contribution in [2.75, 3.05) is 37.8 Å². The maximum Gasteiger partial charge on any atom is 1.00 e. The van der Waals surface area contributed by atoms with Crippen LogP contribution in [0.4, 0.5) is 11.4 Å². The van der Waals surface area contributed by atoms with E-state index in [9.17, 15) is 28.8 Å². The number of hydrogen-bond acceptors (Lipinski definition) is 6. The minimum absolute atomic E-state index is 0. The molecule has 0 saturated heterocycles. The molecule has 0 atom stereocenters. The van der Waals surface area contributed by atoms with E-state index in [1.54, 1.807) is 78.9 Å². The zero-order valence-electron chi connectivity index (χ0n) is 31.8. The van der Waals surface area contributed by atoms with Crippen molar-refractivity contribution in [1.82, 2.24) is 21.3 Å². The number of rotatable bonds is 10. The Kier molecular flexibility index (Phi) is 25.1. The van der Waals surface area contributed by atoms with Gasteiger partial charge in [-0.25, -0.2) is 0 Å². The van der Waals surface area contributed by atoms with E-state index >= 15 is 0 Å². The molecule has 0 aliphatic rings. The SMILES string of the molecule is CCNC(=O)c1ccc[c-]1C(=O)NCC.CNC(=O)c1ccc[c-]1C(=O)NC.O=C(Nc1ccccc1)c1ccc[c-]1C(=O)Nc1ccccc1.[Na+].[Na+].[Na+]. The minimum atomic E-state index is -0.306. The van der Waals surface area contributed by atoms with E-state index in [0.29, 0.717) is 57.8 Å². The minimum Gasteiger partial charge on any atom is -0.394 e. The van der Waals surface area contributed by atoms with E-state index in [0.717, 1.165) is 0 Å². The fourth-order valence-electron chi connectivity index (χ4n) is 4.67. The average Bonchev–Trinajstić information content (AvgIpc) is 3.94. The molecule has 15 heteroatoms. The summed E-state index contributed by atoms with van der Waals surface area (Å²) in [5.41, 5.74) is 3.75. The molecule has 5 aromatic carbocycles. The molecule has 5 aromatic rings. The summed E-state index contributed by atoms with van der Waals surface area (Å²) >= 11 is 0. The zero-order chi connectivity index (χ0) is 37.2. The van der Waals surface area contributed by atoms with E-state index in [1.165, 1.54) is 14.1 Å². The molecule has 0 aromatic heterocycles. The number of carbonyl (C=O) groups is 6. The number of hydrogen-bond donors (Lipinski definition) is 6. The number of anilines is 2. The molecular formula is C39H41N6Na3O6.